The number of hydrogen-bond acceptors (Lipinski definition) is 5. The van der Waals surface area contributed by atoms with Gasteiger partial charge in [-0.15, -0.1) is 0 Å². The summed E-state index contributed by atoms with van der Waals surface area (Å²) in [4.78, 5) is 12.0. The number of nitrogens with zero attached hydrogens (tertiary/aromatic N) is 1. The number of carbonyl (C=O) groups excluding carboxylic acids is 1. The molecule has 5 heteroatoms. The van der Waals surface area contributed by atoms with Crippen molar-refractivity contribution in [1.29, 1.82) is 5.26 Å². The summed E-state index contributed by atoms with van der Waals surface area (Å²) in [5, 5.41) is 15.8. The predicted molar refractivity (Wildman–Crippen MR) is 90.8 cm³/mol. The first-order chi connectivity index (χ1) is 11.7. The molecule has 2 aromatic rings. The lowest BCUT2D eigenvalue weighted by Gasteiger charge is -2.31. The van der Waals surface area contributed by atoms with Gasteiger partial charge in [0.25, 0.3) is 0 Å². The number of nitrogens with one attached hydrogen (secondary N) is 2. The van der Waals surface area contributed by atoms with Crippen LogP contribution >= 0.6 is 0 Å². The molecule has 24 heavy (non-hydrogen) atoms. The van der Waals surface area contributed by atoms with Crippen LogP contribution in [-0.4, -0.2) is 12.6 Å². The molecule has 1 aliphatic rings. The van der Waals surface area contributed by atoms with Gasteiger partial charge >= 0.3 is 5.97 Å². The largest absolute Gasteiger partial charge is 0.462 e. The Kier molecular flexibility index (Phi) is 4.48. The van der Waals surface area contributed by atoms with E-state index in [1.165, 1.54) is 0 Å². The highest BCUT2D eigenvalue weighted by atomic mass is 16.5. The number of rotatable bonds is 3. The lowest BCUT2D eigenvalue weighted by Crippen LogP contribution is -2.34. The Bertz CT molecular complexity index is 822. The van der Waals surface area contributed by atoms with Crippen molar-refractivity contribution in [3.8, 4) is 6.07 Å². The summed E-state index contributed by atoms with van der Waals surface area (Å²) in [5.74, 6) is -0.273. The maximum atomic E-state index is 12.0. The van der Waals surface area contributed by atoms with Gasteiger partial charge in [0.2, 0.25) is 0 Å². The molecule has 0 saturated heterocycles. The van der Waals surface area contributed by atoms with Crippen LogP contribution in [0, 0.1) is 11.3 Å². The maximum Gasteiger partial charge on any atom is 0.352 e. The van der Waals surface area contributed by atoms with Crippen LogP contribution in [-0.2, 0) is 9.53 Å². The van der Waals surface area contributed by atoms with E-state index in [2.05, 4.69) is 10.6 Å². The number of anilines is 1. The number of carbonyl (C=O) groups is 1. The van der Waals surface area contributed by atoms with Gasteiger partial charge in [-0.25, -0.2) is 4.79 Å². The Morgan fingerprint density at radius 3 is 2.58 bits per heavy atom. The molecule has 5 nitrogen and oxygen atoms in total. The van der Waals surface area contributed by atoms with E-state index in [9.17, 15) is 10.1 Å². The monoisotopic (exact) mass is 319 g/mol. The summed E-state index contributed by atoms with van der Waals surface area (Å²) in [5.41, 5.74) is 2.89. The van der Waals surface area contributed by atoms with Gasteiger partial charge in [-0.05, 0) is 18.6 Å². The van der Waals surface area contributed by atoms with Crippen LogP contribution in [0.3, 0.4) is 0 Å². The van der Waals surface area contributed by atoms with Crippen LogP contribution in [0.5, 0.6) is 0 Å². The highest BCUT2D eigenvalue weighted by Gasteiger charge is 2.27. The summed E-state index contributed by atoms with van der Waals surface area (Å²) in [7, 11) is 0. The van der Waals surface area contributed by atoms with Crippen molar-refractivity contribution in [3.05, 3.63) is 77.1 Å². The fourth-order valence-electron chi connectivity index (χ4n) is 2.71. The van der Waals surface area contributed by atoms with Crippen molar-refractivity contribution in [3.63, 3.8) is 0 Å². The van der Waals surface area contributed by atoms with Crippen LogP contribution in [0.4, 0.5) is 5.69 Å². The minimum Gasteiger partial charge on any atom is -0.462 e. The van der Waals surface area contributed by atoms with E-state index < -0.39 is 5.97 Å². The summed E-state index contributed by atoms with van der Waals surface area (Å²) >= 11 is 0. The molecular weight excluding hydrogens is 302 g/mol. The van der Waals surface area contributed by atoms with E-state index >= 15 is 0 Å². The highest BCUT2D eigenvalue weighted by molar-refractivity contribution is 5.94. The Morgan fingerprint density at radius 2 is 1.88 bits per heavy atom. The third-order valence-corrected chi connectivity index (χ3v) is 3.79. The zero-order valence-electron chi connectivity index (χ0n) is 13.2. The molecule has 1 atom stereocenters. The number of ether oxygens (including phenoxy) is 1. The van der Waals surface area contributed by atoms with E-state index in [0.29, 0.717) is 5.82 Å². The summed E-state index contributed by atoms with van der Waals surface area (Å²) in [6.07, 6.45) is 0. The fourth-order valence-corrected chi connectivity index (χ4v) is 2.71. The molecule has 0 unspecified atom stereocenters. The van der Waals surface area contributed by atoms with Gasteiger partial charge in [-0.1, -0.05) is 48.5 Å². The molecule has 2 N–H and O–H groups in total. The molecule has 0 spiro atoms. The smallest absolute Gasteiger partial charge is 0.352 e. The zero-order chi connectivity index (χ0) is 16.9. The Balaban J connectivity index is 2.08. The lowest BCUT2D eigenvalue weighted by molar-refractivity contribution is -0.138. The molecule has 0 radical (unpaired) electrons. The number of hydrogen-bond donors (Lipinski definition) is 2. The molecule has 2 aromatic carbocycles. The van der Waals surface area contributed by atoms with Crippen LogP contribution in [0.25, 0.3) is 0 Å². The van der Waals surface area contributed by atoms with Gasteiger partial charge in [0.15, 0.2) is 5.57 Å². The van der Waals surface area contributed by atoms with Gasteiger partial charge in [0, 0.05) is 11.3 Å². The number of esters is 1. The molecule has 0 saturated carbocycles. The van der Waals surface area contributed by atoms with Crippen LogP contribution in [0.2, 0.25) is 0 Å². The third-order valence-electron chi connectivity index (χ3n) is 3.79. The summed E-state index contributed by atoms with van der Waals surface area (Å²) in [6, 6.07) is 19.5. The third kappa shape index (κ3) is 2.95. The van der Waals surface area contributed by atoms with Gasteiger partial charge in [0.05, 0.1) is 12.6 Å². The molecule has 120 valence electrons. The Hall–Kier alpha value is -3.26. The first kappa shape index (κ1) is 15.6. The van der Waals surface area contributed by atoms with Crippen molar-refractivity contribution in [2.75, 3.05) is 11.9 Å². The first-order valence-electron chi connectivity index (χ1n) is 7.73. The average Bonchev–Trinajstić information content (AvgIpc) is 2.62. The molecule has 1 aliphatic heterocycles. The molecule has 3 rings (SSSR count). The fraction of sp³-hybridized carbons (Fsp3) is 0.158. The molecular formula is C19H17N3O2. The van der Waals surface area contributed by atoms with Crippen molar-refractivity contribution in [1.82, 2.24) is 5.32 Å². The van der Waals surface area contributed by atoms with E-state index in [1.54, 1.807) is 6.92 Å². The van der Waals surface area contributed by atoms with Crippen molar-refractivity contribution in [2.24, 2.45) is 0 Å². The van der Waals surface area contributed by atoms with E-state index in [0.717, 1.165) is 16.8 Å². The second-order valence-electron chi connectivity index (χ2n) is 5.28. The van der Waals surface area contributed by atoms with Crippen LogP contribution in [0.1, 0.15) is 24.1 Å². The normalized spacial score (nSPS) is 17.6. The Morgan fingerprint density at radius 1 is 1.17 bits per heavy atom. The summed E-state index contributed by atoms with van der Waals surface area (Å²) < 4.78 is 4.98. The zero-order valence-corrected chi connectivity index (χ0v) is 13.2. The van der Waals surface area contributed by atoms with E-state index in [-0.39, 0.29) is 18.2 Å². The van der Waals surface area contributed by atoms with E-state index in [4.69, 9.17) is 4.74 Å². The van der Waals surface area contributed by atoms with E-state index in [1.807, 2.05) is 60.7 Å². The highest BCUT2D eigenvalue weighted by Crippen LogP contribution is 2.34. The predicted octanol–water partition coefficient (Wildman–Crippen LogP) is 3.09. The van der Waals surface area contributed by atoms with Gasteiger partial charge in [-0.2, -0.15) is 5.26 Å². The molecule has 0 bridgehead atoms. The SMILES string of the molecule is CCOC(=O)/C(C#N)=C1/Nc2ccccc2[C@@H](c2ccccc2)N1. The molecule has 1 heterocycles. The second kappa shape index (κ2) is 6.88. The number of fused-ring (bicyclic) bond motifs is 1. The quantitative estimate of drug-likeness (QED) is 0.516. The molecule has 0 amide bonds. The van der Waals surface area contributed by atoms with Gasteiger partial charge < -0.3 is 15.4 Å². The van der Waals surface area contributed by atoms with Crippen LogP contribution < -0.4 is 10.6 Å². The minimum atomic E-state index is -0.638. The van der Waals surface area contributed by atoms with Crippen molar-refractivity contribution >= 4 is 11.7 Å². The topological polar surface area (TPSA) is 74.2 Å². The number of benzene rings is 2. The maximum absolute atomic E-state index is 12.0. The lowest BCUT2D eigenvalue weighted by atomic mass is 9.95. The minimum absolute atomic E-state index is 0.0627. The number of para-hydroxylation sites is 1. The standard InChI is InChI=1S/C19H17N3O2/c1-2-24-19(23)15(12-20)18-21-16-11-7-6-10-14(16)17(22-18)13-8-4-3-5-9-13/h3-11,17,21-22H,2H2,1H3/b18-15-/t17-/m1/s1. The molecule has 0 aromatic heterocycles. The van der Waals surface area contributed by atoms with Crippen LogP contribution in [0.15, 0.2) is 66.0 Å². The molecule has 0 aliphatic carbocycles. The molecule has 0 fully saturated rings. The average molecular weight is 319 g/mol. The summed E-state index contributed by atoms with van der Waals surface area (Å²) in [6.45, 7) is 1.93. The van der Waals surface area contributed by atoms with Gasteiger partial charge in [-0.3, -0.25) is 0 Å². The second-order valence-corrected chi connectivity index (χ2v) is 5.28. The number of nitriles is 1. The van der Waals surface area contributed by atoms with Crippen molar-refractivity contribution < 1.29 is 9.53 Å². The van der Waals surface area contributed by atoms with Crippen molar-refractivity contribution in [2.45, 2.75) is 13.0 Å². The Labute approximate surface area is 140 Å². The van der Waals surface area contributed by atoms with Gasteiger partial charge in [0.1, 0.15) is 11.9 Å². The first-order valence-corrected chi connectivity index (χ1v) is 7.73.